The Morgan fingerprint density at radius 3 is 2.57 bits per heavy atom. The van der Waals surface area contributed by atoms with Crippen LogP contribution in [0.1, 0.15) is 25.0 Å². The largest absolute Gasteiger partial charge is 0.0839 e. The summed E-state index contributed by atoms with van der Waals surface area (Å²) in [5.41, 5.74) is 5.12. The van der Waals surface area contributed by atoms with Gasteiger partial charge in [-0.05, 0) is 45.2 Å². The van der Waals surface area contributed by atoms with Gasteiger partial charge in [-0.1, -0.05) is 77.8 Å². The first-order valence-electron chi connectivity index (χ1n) is 7.02. The maximum Gasteiger partial charge on any atom is 0.0464 e. The van der Waals surface area contributed by atoms with Gasteiger partial charge in [0.2, 0.25) is 0 Å². The average molecular weight is 358 g/mol. The van der Waals surface area contributed by atoms with Crippen LogP contribution in [0.3, 0.4) is 0 Å². The molecule has 0 unspecified atom stereocenters. The zero-order chi connectivity index (χ0) is 14.8. The molecule has 3 aromatic rings. The highest BCUT2D eigenvalue weighted by Gasteiger charge is 2.38. The van der Waals surface area contributed by atoms with Gasteiger partial charge in [-0.25, -0.2) is 0 Å². The van der Waals surface area contributed by atoms with E-state index >= 15 is 0 Å². The first-order valence-corrected chi connectivity index (χ1v) is 8.19. The fourth-order valence-electron chi connectivity index (χ4n) is 3.62. The Balaban J connectivity index is 2.23. The van der Waals surface area contributed by atoms with Gasteiger partial charge in [0.25, 0.3) is 0 Å². The monoisotopic (exact) mass is 356 g/mol. The predicted molar refractivity (Wildman–Crippen MR) is 94.2 cm³/mol. The Kier molecular flexibility index (Phi) is 2.76. The van der Waals surface area contributed by atoms with E-state index in [2.05, 4.69) is 72.2 Å². The molecule has 0 nitrogen and oxygen atoms in total. The quantitative estimate of drug-likeness (QED) is 0.427. The first-order chi connectivity index (χ1) is 10.00. The second-order valence-electron chi connectivity index (χ2n) is 6.14. The lowest BCUT2D eigenvalue weighted by atomic mass is 9.82. The van der Waals surface area contributed by atoms with Crippen molar-refractivity contribution in [1.82, 2.24) is 0 Å². The van der Waals surface area contributed by atoms with Crippen LogP contribution in [0.2, 0.25) is 5.02 Å². The highest BCUT2D eigenvalue weighted by Crippen LogP contribution is 2.54. The van der Waals surface area contributed by atoms with Crippen molar-refractivity contribution in [3.05, 3.63) is 69.2 Å². The van der Waals surface area contributed by atoms with Gasteiger partial charge in [0.1, 0.15) is 0 Å². The van der Waals surface area contributed by atoms with Gasteiger partial charge in [0.05, 0.1) is 0 Å². The van der Waals surface area contributed by atoms with Gasteiger partial charge >= 0.3 is 0 Å². The van der Waals surface area contributed by atoms with Crippen molar-refractivity contribution in [3.8, 4) is 11.1 Å². The van der Waals surface area contributed by atoms with Crippen LogP contribution in [0.5, 0.6) is 0 Å². The van der Waals surface area contributed by atoms with E-state index in [-0.39, 0.29) is 5.41 Å². The fourth-order valence-corrected chi connectivity index (χ4v) is 4.67. The van der Waals surface area contributed by atoms with Gasteiger partial charge < -0.3 is 0 Å². The van der Waals surface area contributed by atoms with Crippen LogP contribution in [0, 0.1) is 0 Å². The summed E-state index contributed by atoms with van der Waals surface area (Å²) in [5.74, 6) is 0. The Labute approximate surface area is 137 Å². The predicted octanol–water partition coefficient (Wildman–Crippen LogP) is 6.56. The molecule has 0 bridgehead atoms. The van der Waals surface area contributed by atoms with Crippen LogP contribution in [0.15, 0.2) is 53.0 Å². The molecule has 0 aromatic heterocycles. The van der Waals surface area contributed by atoms with Crippen LogP contribution in [-0.4, -0.2) is 0 Å². The lowest BCUT2D eigenvalue weighted by Crippen LogP contribution is -2.15. The molecular weight excluding hydrogens is 344 g/mol. The Morgan fingerprint density at radius 2 is 1.76 bits per heavy atom. The van der Waals surface area contributed by atoms with Crippen LogP contribution in [-0.2, 0) is 5.41 Å². The lowest BCUT2D eigenvalue weighted by Gasteiger charge is -2.22. The van der Waals surface area contributed by atoms with Crippen molar-refractivity contribution in [3.63, 3.8) is 0 Å². The lowest BCUT2D eigenvalue weighted by molar-refractivity contribution is 0.661. The number of fused-ring (bicyclic) bond motifs is 5. The minimum atomic E-state index is -0.0630. The molecule has 21 heavy (non-hydrogen) atoms. The van der Waals surface area contributed by atoms with E-state index in [0.717, 1.165) is 9.50 Å². The standard InChI is InChI=1S/C19H14BrCl/c1-19(2)15-8-7-11-5-3-4-6-13(11)17(15)14-9-12(20)10-16(21)18(14)19/h3-10H,1-2H3. The maximum absolute atomic E-state index is 6.57. The molecule has 0 N–H and O–H groups in total. The third kappa shape index (κ3) is 1.74. The van der Waals surface area contributed by atoms with Gasteiger partial charge in [0, 0.05) is 14.9 Å². The average Bonchev–Trinajstić information content (AvgIpc) is 2.67. The van der Waals surface area contributed by atoms with Crippen molar-refractivity contribution < 1.29 is 0 Å². The summed E-state index contributed by atoms with van der Waals surface area (Å²) < 4.78 is 1.03. The molecule has 0 saturated carbocycles. The van der Waals surface area contributed by atoms with Crippen LogP contribution >= 0.6 is 27.5 Å². The third-order valence-electron chi connectivity index (χ3n) is 4.55. The summed E-state index contributed by atoms with van der Waals surface area (Å²) in [5, 5.41) is 3.41. The van der Waals surface area contributed by atoms with Gasteiger partial charge in [-0.2, -0.15) is 0 Å². The second kappa shape index (κ2) is 4.34. The summed E-state index contributed by atoms with van der Waals surface area (Å²) in [6.07, 6.45) is 0. The molecule has 0 amide bonds. The fraction of sp³-hybridized carbons (Fsp3) is 0.158. The minimum Gasteiger partial charge on any atom is -0.0839 e. The second-order valence-corrected chi connectivity index (χ2v) is 7.47. The van der Waals surface area contributed by atoms with Crippen LogP contribution in [0.25, 0.3) is 21.9 Å². The molecule has 1 aliphatic rings. The van der Waals surface area contributed by atoms with Gasteiger partial charge in [-0.15, -0.1) is 0 Å². The highest BCUT2D eigenvalue weighted by molar-refractivity contribution is 9.10. The van der Waals surface area contributed by atoms with E-state index < -0.39 is 0 Å². The van der Waals surface area contributed by atoms with Crippen molar-refractivity contribution in [2.24, 2.45) is 0 Å². The first kappa shape index (κ1) is 13.4. The molecule has 3 aromatic carbocycles. The molecule has 0 fully saturated rings. The summed E-state index contributed by atoms with van der Waals surface area (Å²) in [6, 6.07) is 17.2. The van der Waals surface area contributed by atoms with Crippen molar-refractivity contribution in [1.29, 1.82) is 0 Å². The minimum absolute atomic E-state index is 0.0630. The molecule has 4 rings (SSSR count). The number of halogens is 2. The van der Waals surface area contributed by atoms with E-state index in [0.29, 0.717) is 0 Å². The molecule has 0 saturated heterocycles. The number of rotatable bonds is 0. The summed E-state index contributed by atoms with van der Waals surface area (Å²) >= 11 is 10.2. The summed E-state index contributed by atoms with van der Waals surface area (Å²) in [7, 11) is 0. The van der Waals surface area contributed by atoms with Crippen LogP contribution in [0.4, 0.5) is 0 Å². The number of benzene rings is 3. The molecule has 0 atom stereocenters. The van der Waals surface area contributed by atoms with Crippen LogP contribution < -0.4 is 0 Å². The molecular formula is C19H14BrCl. The molecule has 2 heteroatoms. The molecule has 0 spiro atoms. The summed E-state index contributed by atoms with van der Waals surface area (Å²) in [6.45, 7) is 4.51. The van der Waals surface area contributed by atoms with Gasteiger partial charge in [0.15, 0.2) is 0 Å². The zero-order valence-corrected chi connectivity index (χ0v) is 14.2. The number of hydrogen-bond donors (Lipinski definition) is 0. The molecule has 104 valence electrons. The van der Waals surface area contributed by atoms with E-state index in [4.69, 9.17) is 11.6 Å². The van der Waals surface area contributed by atoms with Gasteiger partial charge in [-0.3, -0.25) is 0 Å². The molecule has 0 radical (unpaired) electrons. The smallest absolute Gasteiger partial charge is 0.0464 e. The Bertz CT molecular complexity index is 893. The van der Waals surface area contributed by atoms with Crippen molar-refractivity contribution in [2.45, 2.75) is 19.3 Å². The van der Waals surface area contributed by atoms with Crippen molar-refractivity contribution in [2.75, 3.05) is 0 Å². The van der Waals surface area contributed by atoms with E-state index in [9.17, 15) is 0 Å². The zero-order valence-electron chi connectivity index (χ0n) is 11.9. The molecule has 1 aliphatic carbocycles. The Hall–Kier alpha value is -1.31. The van der Waals surface area contributed by atoms with Crippen molar-refractivity contribution >= 4 is 38.3 Å². The topological polar surface area (TPSA) is 0 Å². The molecule has 0 aliphatic heterocycles. The number of hydrogen-bond acceptors (Lipinski definition) is 0. The normalized spacial score (nSPS) is 15.0. The molecule has 0 heterocycles. The highest BCUT2D eigenvalue weighted by atomic mass is 79.9. The third-order valence-corrected chi connectivity index (χ3v) is 5.31. The van der Waals surface area contributed by atoms with E-state index in [1.54, 1.807) is 0 Å². The maximum atomic E-state index is 6.57. The Morgan fingerprint density at radius 1 is 1.00 bits per heavy atom. The SMILES string of the molecule is CC1(C)c2ccc3ccccc3c2-c2cc(Br)cc(Cl)c21. The van der Waals surface area contributed by atoms with E-state index in [1.807, 2.05) is 6.07 Å². The summed E-state index contributed by atoms with van der Waals surface area (Å²) in [4.78, 5) is 0. The van der Waals surface area contributed by atoms with E-state index in [1.165, 1.54) is 33.0 Å².